The van der Waals surface area contributed by atoms with Crippen LogP contribution in [-0.2, 0) is 0 Å². The van der Waals surface area contributed by atoms with Crippen molar-refractivity contribution in [2.24, 2.45) is 16.7 Å². The highest BCUT2D eigenvalue weighted by atomic mass is 14.2. The lowest BCUT2D eigenvalue weighted by molar-refractivity contribution is 0.319. The molecular weight excluding hydrogens is 204 g/mol. The van der Waals surface area contributed by atoms with Crippen molar-refractivity contribution in [3.8, 4) is 0 Å². The SMILES string of the molecule is CC(C)(C)C.CC(C)C.CCCC(C)(C)CC. The summed E-state index contributed by atoms with van der Waals surface area (Å²) in [5.41, 5.74) is 1.09. The van der Waals surface area contributed by atoms with Crippen molar-refractivity contribution in [2.45, 2.75) is 95.4 Å². The first-order valence-corrected chi connectivity index (χ1v) is 7.35. The molecule has 0 atom stereocenters. The van der Waals surface area contributed by atoms with Crippen molar-refractivity contribution in [1.29, 1.82) is 0 Å². The van der Waals surface area contributed by atoms with Crippen LogP contribution < -0.4 is 0 Å². The molecule has 0 aromatic carbocycles. The molecule has 17 heavy (non-hydrogen) atoms. The van der Waals surface area contributed by atoms with Crippen LogP contribution in [0.5, 0.6) is 0 Å². The first-order chi connectivity index (χ1) is 7.35. The molecule has 0 saturated carbocycles. The Morgan fingerprint density at radius 1 is 0.765 bits per heavy atom. The highest BCUT2D eigenvalue weighted by Crippen LogP contribution is 2.25. The molecule has 0 radical (unpaired) electrons. The van der Waals surface area contributed by atoms with Crippen LogP contribution in [0.2, 0.25) is 0 Å². The molecule has 0 aromatic heterocycles. The van der Waals surface area contributed by atoms with Crippen molar-refractivity contribution in [3.05, 3.63) is 0 Å². The molecule has 0 aromatic rings. The summed E-state index contributed by atoms with van der Waals surface area (Å²) < 4.78 is 0. The van der Waals surface area contributed by atoms with Gasteiger partial charge in [0.2, 0.25) is 0 Å². The van der Waals surface area contributed by atoms with Crippen LogP contribution in [0.25, 0.3) is 0 Å². The highest BCUT2D eigenvalue weighted by Gasteiger charge is 2.11. The van der Waals surface area contributed by atoms with E-state index in [-0.39, 0.29) is 0 Å². The molecule has 0 nitrogen and oxygen atoms in total. The van der Waals surface area contributed by atoms with E-state index in [4.69, 9.17) is 0 Å². The average molecular weight is 245 g/mol. The van der Waals surface area contributed by atoms with Gasteiger partial charge >= 0.3 is 0 Å². The molecule has 0 rings (SSSR count). The molecule has 0 heteroatoms. The monoisotopic (exact) mass is 244 g/mol. The largest absolute Gasteiger partial charge is 0.0654 e. The normalized spacial score (nSPS) is 11.3. The van der Waals surface area contributed by atoms with E-state index in [9.17, 15) is 0 Å². The Hall–Kier alpha value is 0. The third-order valence-electron chi connectivity index (χ3n) is 1.88. The predicted octanol–water partition coefficient (Wildman–Crippen LogP) is 6.94. The van der Waals surface area contributed by atoms with E-state index in [0.717, 1.165) is 5.92 Å². The van der Waals surface area contributed by atoms with Crippen LogP contribution in [0.15, 0.2) is 0 Å². The van der Waals surface area contributed by atoms with Crippen molar-refractivity contribution in [2.75, 3.05) is 0 Å². The Morgan fingerprint density at radius 2 is 1.00 bits per heavy atom. The van der Waals surface area contributed by atoms with Crippen LogP contribution in [0, 0.1) is 16.7 Å². The maximum Gasteiger partial charge on any atom is -0.0357 e. The molecule has 0 fully saturated rings. The molecule has 0 saturated heterocycles. The van der Waals surface area contributed by atoms with Gasteiger partial charge in [0, 0.05) is 0 Å². The quantitative estimate of drug-likeness (QED) is 0.504. The zero-order chi connectivity index (χ0) is 14.7. The van der Waals surface area contributed by atoms with Gasteiger partial charge in [0.25, 0.3) is 0 Å². The molecule has 0 heterocycles. The Balaban J connectivity index is -0.000000188. The average Bonchev–Trinajstić information content (AvgIpc) is 2.00. The third-order valence-corrected chi connectivity index (χ3v) is 1.88. The van der Waals surface area contributed by atoms with Crippen LogP contribution in [0.3, 0.4) is 0 Å². The maximum atomic E-state index is 2.33. The van der Waals surface area contributed by atoms with E-state index >= 15 is 0 Å². The summed E-state index contributed by atoms with van der Waals surface area (Å²) >= 11 is 0. The molecule has 0 aliphatic rings. The summed E-state index contributed by atoms with van der Waals surface area (Å²) in [5.74, 6) is 0.833. The number of hydrogen-bond donors (Lipinski definition) is 0. The summed E-state index contributed by atoms with van der Waals surface area (Å²) in [7, 11) is 0. The first-order valence-electron chi connectivity index (χ1n) is 7.35. The van der Waals surface area contributed by atoms with Gasteiger partial charge in [0.05, 0.1) is 0 Å². The lowest BCUT2D eigenvalue weighted by Crippen LogP contribution is -2.07. The number of hydrogen-bond acceptors (Lipinski definition) is 0. The standard InChI is InChI=1S/C8H18.C5H12.C4H10/c1-5-7-8(3,4)6-2;1-5(2,3)4;1-4(2)3/h5-7H2,1-4H3;1-4H3;4H,1-3H3. The van der Waals surface area contributed by atoms with Crippen molar-refractivity contribution in [3.63, 3.8) is 0 Å². The van der Waals surface area contributed by atoms with E-state index in [1.807, 2.05) is 0 Å². The van der Waals surface area contributed by atoms with Crippen LogP contribution in [0.1, 0.15) is 95.4 Å². The van der Waals surface area contributed by atoms with Crippen LogP contribution in [0.4, 0.5) is 0 Å². The van der Waals surface area contributed by atoms with Gasteiger partial charge in [0.15, 0.2) is 0 Å². The number of rotatable bonds is 3. The maximum absolute atomic E-state index is 2.33. The van der Waals surface area contributed by atoms with Gasteiger partial charge in [-0.2, -0.15) is 0 Å². The topological polar surface area (TPSA) is 0 Å². The Kier molecular flexibility index (Phi) is 14.5. The second kappa shape index (κ2) is 11.1. The van der Waals surface area contributed by atoms with E-state index < -0.39 is 0 Å². The van der Waals surface area contributed by atoms with Gasteiger partial charge in [-0.1, -0.05) is 89.0 Å². The summed E-state index contributed by atoms with van der Waals surface area (Å²) in [6.07, 6.45) is 3.99. The van der Waals surface area contributed by atoms with Gasteiger partial charge in [0.1, 0.15) is 0 Å². The molecule has 0 amide bonds. The zero-order valence-electron chi connectivity index (χ0n) is 14.7. The van der Waals surface area contributed by atoms with Gasteiger partial charge in [-0.15, -0.1) is 0 Å². The van der Waals surface area contributed by atoms with E-state index in [2.05, 4.69) is 76.2 Å². The molecular formula is C17H40. The molecule has 0 unspecified atom stereocenters. The molecule has 0 bridgehead atoms. The second-order valence-corrected chi connectivity index (χ2v) is 8.00. The van der Waals surface area contributed by atoms with Gasteiger partial charge in [-0.3, -0.25) is 0 Å². The van der Waals surface area contributed by atoms with Crippen molar-refractivity contribution >= 4 is 0 Å². The van der Waals surface area contributed by atoms with E-state index in [1.54, 1.807) is 0 Å². The van der Waals surface area contributed by atoms with Gasteiger partial charge < -0.3 is 0 Å². The second-order valence-electron chi connectivity index (χ2n) is 8.00. The Labute approximate surface area is 113 Å². The minimum absolute atomic E-state index is 0.500. The Bertz CT molecular complexity index is 126. The summed E-state index contributed by atoms with van der Waals surface area (Å²) in [4.78, 5) is 0. The van der Waals surface area contributed by atoms with Gasteiger partial charge in [-0.25, -0.2) is 0 Å². The Morgan fingerprint density at radius 3 is 1.06 bits per heavy atom. The molecule has 0 spiro atoms. The molecule has 0 aliphatic carbocycles. The lowest BCUT2D eigenvalue weighted by Gasteiger charge is -2.20. The van der Waals surface area contributed by atoms with Crippen molar-refractivity contribution in [1.82, 2.24) is 0 Å². The molecule has 0 N–H and O–H groups in total. The smallest absolute Gasteiger partial charge is 0.0357 e. The van der Waals surface area contributed by atoms with Crippen molar-refractivity contribution < 1.29 is 0 Å². The lowest BCUT2D eigenvalue weighted by atomic mass is 9.86. The summed E-state index contributed by atoms with van der Waals surface area (Å²) in [6.45, 7) is 24.4. The molecule has 0 aliphatic heterocycles. The minimum atomic E-state index is 0.500. The zero-order valence-corrected chi connectivity index (χ0v) is 14.7. The fourth-order valence-electron chi connectivity index (χ4n) is 0.854. The van der Waals surface area contributed by atoms with E-state index in [1.165, 1.54) is 19.3 Å². The minimum Gasteiger partial charge on any atom is -0.0654 e. The molecule has 108 valence electrons. The fourth-order valence-corrected chi connectivity index (χ4v) is 0.854. The summed E-state index contributed by atoms with van der Waals surface area (Å²) in [5, 5.41) is 0. The van der Waals surface area contributed by atoms with Crippen LogP contribution in [-0.4, -0.2) is 0 Å². The van der Waals surface area contributed by atoms with Gasteiger partial charge in [-0.05, 0) is 23.2 Å². The summed E-state index contributed by atoms with van der Waals surface area (Å²) in [6, 6.07) is 0. The predicted molar refractivity (Wildman–Crippen MR) is 84.6 cm³/mol. The fraction of sp³-hybridized carbons (Fsp3) is 1.00. The van der Waals surface area contributed by atoms with E-state index in [0.29, 0.717) is 10.8 Å². The first kappa shape index (κ1) is 22.2. The highest BCUT2D eigenvalue weighted by molar-refractivity contribution is 4.63. The third kappa shape index (κ3) is 64.0. The van der Waals surface area contributed by atoms with Crippen LogP contribution >= 0.6 is 0 Å².